The Balaban J connectivity index is 1.91. The molecule has 1 aromatic rings. The Bertz CT molecular complexity index is 388. The zero-order chi connectivity index (χ0) is 14.2. The topological polar surface area (TPSA) is 34.1 Å². The first kappa shape index (κ1) is 15.5. The highest BCUT2D eigenvalue weighted by Gasteiger charge is 2.17. The summed E-state index contributed by atoms with van der Waals surface area (Å²) in [4.78, 5) is 4.25. The van der Waals surface area contributed by atoms with E-state index in [9.17, 15) is 0 Å². The Morgan fingerprint density at radius 3 is 3.05 bits per heavy atom. The lowest BCUT2D eigenvalue weighted by molar-refractivity contribution is 0.101. The molecule has 0 radical (unpaired) electrons. The summed E-state index contributed by atoms with van der Waals surface area (Å²) in [6.45, 7) is 6.36. The summed E-state index contributed by atoms with van der Waals surface area (Å²) in [5, 5.41) is 3.63. The molecule has 0 aliphatic carbocycles. The second-order valence-corrected chi connectivity index (χ2v) is 5.60. The monoisotopic (exact) mass is 276 g/mol. The van der Waals surface area contributed by atoms with Crippen LogP contribution in [-0.2, 0) is 11.2 Å². The standard InChI is InChI=1S/C17H28N2O/c1-3-14-13-18-11-10-16(14)17(19-4-2)9-5-7-15-8-6-12-20-15/h10-11,13,15,17,19H,3-9,12H2,1-2H3. The van der Waals surface area contributed by atoms with E-state index in [1.807, 2.05) is 12.4 Å². The van der Waals surface area contributed by atoms with Crippen LogP contribution in [0.3, 0.4) is 0 Å². The van der Waals surface area contributed by atoms with Crippen LogP contribution in [0.25, 0.3) is 0 Å². The van der Waals surface area contributed by atoms with Crippen molar-refractivity contribution in [1.82, 2.24) is 10.3 Å². The van der Waals surface area contributed by atoms with Gasteiger partial charge in [-0.15, -0.1) is 0 Å². The Kier molecular flexibility index (Phi) is 6.48. The Morgan fingerprint density at radius 1 is 1.45 bits per heavy atom. The fourth-order valence-corrected chi connectivity index (χ4v) is 3.11. The van der Waals surface area contributed by atoms with Crippen LogP contribution in [0, 0.1) is 0 Å². The number of nitrogens with zero attached hydrogens (tertiary/aromatic N) is 1. The second-order valence-electron chi connectivity index (χ2n) is 5.60. The van der Waals surface area contributed by atoms with Crippen LogP contribution in [0.15, 0.2) is 18.5 Å². The summed E-state index contributed by atoms with van der Waals surface area (Å²) in [5.41, 5.74) is 2.80. The first-order chi connectivity index (χ1) is 9.85. The van der Waals surface area contributed by atoms with E-state index >= 15 is 0 Å². The van der Waals surface area contributed by atoms with Crippen molar-refractivity contribution in [2.24, 2.45) is 0 Å². The number of pyridine rings is 1. The van der Waals surface area contributed by atoms with Crippen LogP contribution in [0.1, 0.15) is 63.1 Å². The first-order valence-electron chi connectivity index (χ1n) is 8.12. The Morgan fingerprint density at radius 2 is 2.35 bits per heavy atom. The Labute approximate surface area is 123 Å². The quantitative estimate of drug-likeness (QED) is 0.787. The molecule has 0 saturated carbocycles. The molecule has 1 aromatic heterocycles. The summed E-state index contributed by atoms with van der Waals surface area (Å²) in [6.07, 6.45) is 11.6. The van der Waals surface area contributed by atoms with Gasteiger partial charge in [0.25, 0.3) is 0 Å². The minimum atomic E-state index is 0.458. The van der Waals surface area contributed by atoms with Gasteiger partial charge in [-0.3, -0.25) is 4.98 Å². The molecule has 1 N–H and O–H groups in total. The third-order valence-electron chi connectivity index (χ3n) is 4.19. The molecule has 3 nitrogen and oxygen atoms in total. The molecule has 1 fully saturated rings. The largest absolute Gasteiger partial charge is 0.378 e. The summed E-state index contributed by atoms with van der Waals surface area (Å²) in [5.74, 6) is 0. The molecule has 1 saturated heterocycles. The molecule has 0 spiro atoms. The van der Waals surface area contributed by atoms with Gasteiger partial charge in [-0.2, -0.15) is 0 Å². The summed E-state index contributed by atoms with van der Waals surface area (Å²) in [6, 6.07) is 2.64. The number of rotatable bonds is 8. The van der Waals surface area contributed by atoms with Crippen LogP contribution in [-0.4, -0.2) is 24.2 Å². The van der Waals surface area contributed by atoms with Gasteiger partial charge in [0, 0.05) is 25.0 Å². The molecule has 1 aliphatic heterocycles. The van der Waals surface area contributed by atoms with Gasteiger partial charge in [-0.05, 0) is 62.3 Å². The molecule has 2 rings (SSSR count). The fourth-order valence-electron chi connectivity index (χ4n) is 3.11. The molecule has 2 atom stereocenters. The molecular formula is C17H28N2O. The Hall–Kier alpha value is -0.930. The van der Waals surface area contributed by atoms with Crippen molar-refractivity contribution in [2.75, 3.05) is 13.2 Å². The van der Waals surface area contributed by atoms with Gasteiger partial charge < -0.3 is 10.1 Å². The number of nitrogens with one attached hydrogen (secondary N) is 1. The van der Waals surface area contributed by atoms with E-state index in [0.717, 1.165) is 19.6 Å². The van der Waals surface area contributed by atoms with Crippen molar-refractivity contribution in [3.05, 3.63) is 29.6 Å². The zero-order valence-electron chi connectivity index (χ0n) is 12.9. The van der Waals surface area contributed by atoms with Crippen LogP contribution in [0.4, 0.5) is 0 Å². The fraction of sp³-hybridized carbons (Fsp3) is 0.706. The summed E-state index contributed by atoms with van der Waals surface area (Å²) >= 11 is 0. The zero-order valence-corrected chi connectivity index (χ0v) is 12.9. The van der Waals surface area contributed by atoms with Gasteiger partial charge in [-0.1, -0.05) is 13.8 Å². The van der Waals surface area contributed by atoms with Crippen molar-refractivity contribution in [2.45, 2.75) is 64.5 Å². The third-order valence-corrected chi connectivity index (χ3v) is 4.19. The van der Waals surface area contributed by atoms with Crippen molar-refractivity contribution in [1.29, 1.82) is 0 Å². The maximum atomic E-state index is 5.71. The van der Waals surface area contributed by atoms with Gasteiger partial charge in [0.15, 0.2) is 0 Å². The molecule has 1 aliphatic rings. The predicted octanol–water partition coefficient (Wildman–Crippen LogP) is 3.64. The van der Waals surface area contributed by atoms with E-state index in [0.29, 0.717) is 12.1 Å². The highest BCUT2D eigenvalue weighted by Crippen LogP contribution is 2.25. The van der Waals surface area contributed by atoms with Crippen molar-refractivity contribution in [3.8, 4) is 0 Å². The lowest BCUT2D eigenvalue weighted by Crippen LogP contribution is -2.22. The highest BCUT2D eigenvalue weighted by atomic mass is 16.5. The van der Waals surface area contributed by atoms with Crippen molar-refractivity contribution >= 4 is 0 Å². The summed E-state index contributed by atoms with van der Waals surface area (Å²) < 4.78 is 5.71. The van der Waals surface area contributed by atoms with Crippen LogP contribution in [0.5, 0.6) is 0 Å². The average molecular weight is 276 g/mol. The number of aromatic nitrogens is 1. The second kappa shape index (κ2) is 8.38. The van der Waals surface area contributed by atoms with E-state index in [1.54, 1.807) is 0 Å². The number of hydrogen-bond acceptors (Lipinski definition) is 3. The van der Waals surface area contributed by atoms with Gasteiger partial charge in [-0.25, -0.2) is 0 Å². The maximum Gasteiger partial charge on any atom is 0.0576 e. The normalized spacial score (nSPS) is 20.2. The molecule has 20 heavy (non-hydrogen) atoms. The smallest absolute Gasteiger partial charge is 0.0576 e. The minimum Gasteiger partial charge on any atom is -0.378 e. The molecular weight excluding hydrogens is 248 g/mol. The molecule has 0 bridgehead atoms. The van der Waals surface area contributed by atoms with Crippen LogP contribution in [0.2, 0.25) is 0 Å². The van der Waals surface area contributed by atoms with E-state index < -0.39 is 0 Å². The van der Waals surface area contributed by atoms with Gasteiger partial charge in [0.05, 0.1) is 6.10 Å². The highest BCUT2D eigenvalue weighted by molar-refractivity contribution is 5.26. The van der Waals surface area contributed by atoms with Crippen molar-refractivity contribution < 1.29 is 4.74 Å². The number of hydrogen-bond donors (Lipinski definition) is 1. The average Bonchev–Trinajstić information content (AvgIpc) is 2.99. The molecule has 112 valence electrons. The van der Waals surface area contributed by atoms with Crippen LogP contribution >= 0.6 is 0 Å². The van der Waals surface area contributed by atoms with Gasteiger partial charge >= 0.3 is 0 Å². The molecule has 0 amide bonds. The molecule has 2 heterocycles. The maximum absolute atomic E-state index is 5.71. The van der Waals surface area contributed by atoms with E-state index in [1.165, 1.54) is 43.2 Å². The van der Waals surface area contributed by atoms with Crippen molar-refractivity contribution in [3.63, 3.8) is 0 Å². The first-order valence-corrected chi connectivity index (χ1v) is 8.12. The van der Waals surface area contributed by atoms with E-state index in [-0.39, 0.29) is 0 Å². The summed E-state index contributed by atoms with van der Waals surface area (Å²) in [7, 11) is 0. The predicted molar refractivity (Wildman–Crippen MR) is 82.9 cm³/mol. The van der Waals surface area contributed by atoms with E-state index in [2.05, 4.69) is 30.2 Å². The molecule has 3 heteroatoms. The van der Waals surface area contributed by atoms with Gasteiger partial charge in [0.2, 0.25) is 0 Å². The minimum absolute atomic E-state index is 0.458. The van der Waals surface area contributed by atoms with Gasteiger partial charge in [0.1, 0.15) is 0 Å². The lowest BCUT2D eigenvalue weighted by atomic mass is 9.95. The SMILES string of the molecule is CCNC(CCCC1CCCO1)c1ccncc1CC. The molecule has 0 aromatic carbocycles. The van der Waals surface area contributed by atoms with E-state index in [4.69, 9.17) is 4.74 Å². The molecule has 2 unspecified atom stereocenters. The number of aryl methyl sites for hydroxylation is 1. The third kappa shape index (κ3) is 4.29. The lowest BCUT2D eigenvalue weighted by Gasteiger charge is -2.21. The number of ether oxygens (including phenoxy) is 1. The van der Waals surface area contributed by atoms with Crippen LogP contribution < -0.4 is 5.32 Å².